The molecule has 2 aliphatic rings. The molecule has 28 heavy (non-hydrogen) atoms. The molecule has 2 aliphatic carbocycles. The Balaban J connectivity index is 0.00000140. The van der Waals surface area contributed by atoms with Crippen LogP contribution in [0.25, 0.3) is 14.4 Å². The summed E-state index contributed by atoms with van der Waals surface area (Å²) in [6.45, 7) is 11.8. The minimum atomic E-state index is -1.27. The second-order valence-electron chi connectivity index (χ2n) is 8.61. The van der Waals surface area contributed by atoms with Gasteiger partial charge in [-0.1, -0.05) is 0 Å². The molecule has 0 N–H and O–H groups in total. The number of hydrogen-bond acceptors (Lipinski definition) is 0. The van der Waals surface area contributed by atoms with E-state index in [1.54, 1.807) is 5.20 Å². The van der Waals surface area contributed by atoms with Crippen LogP contribution in [0.5, 0.6) is 0 Å². The molecule has 0 saturated heterocycles. The molecule has 0 heterocycles. The molecule has 0 aliphatic heterocycles. The van der Waals surface area contributed by atoms with Gasteiger partial charge in [0.2, 0.25) is 0 Å². The number of hydrogen-bond donors (Lipinski definition) is 0. The molecule has 0 amide bonds. The zero-order chi connectivity index (χ0) is 18.6. The van der Waals surface area contributed by atoms with E-state index in [9.17, 15) is 0 Å². The smallest absolute Gasteiger partial charge is 1.00 e. The van der Waals surface area contributed by atoms with Gasteiger partial charge in [0.25, 0.3) is 0 Å². The molecule has 0 unspecified atom stereocenters. The van der Waals surface area contributed by atoms with Crippen LogP contribution in [0.2, 0.25) is 19.6 Å². The summed E-state index contributed by atoms with van der Waals surface area (Å²) in [5.41, 5.74) is 5.92. The van der Waals surface area contributed by atoms with E-state index in [2.05, 4.69) is 82.0 Å². The Kier molecular flexibility index (Phi) is 7.26. The quantitative estimate of drug-likeness (QED) is 0.451. The summed E-state index contributed by atoms with van der Waals surface area (Å²) in [6, 6.07) is 13.6. The van der Waals surface area contributed by atoms with Gasteiger partial charge in [0.15, 0.2) is 0 Å². The largest absolute Gasteiger partial charge is 1.00 e. The van der Waals surface area contributed by atoms with Crippen LogP contribution in [0.4, 0.5) is 0 Å². The number of rotatable bonds is 2. The average Bonchev–Trinajstić information content (AvgIpc) is 3.19. The Labute approximate surface area is 196 Å². The van der Waals surface area contributed by atoms with Crippen LogP contribution in [0.15, 0.2) is 53.7 Å². The van der Waals surface area contributed by atoms with Crippen molar-refractivity contribution in [3.8, 4) is 0 Å². The van der Waals surface area contributed by atoms with Gasteiger partial charge in [-0.15, -0.1) is 0 Å². The SMILES string of the molecule is CC(C)=c1ccc2c(c1C1=CC([Si](C)(C)C)=CC1)[C]([Zr+2])=c1ccccc1=2.[Cl-].[Cl-]. The number of halogens is 2. The summed E-state index contributed by atoms with van der Waals surface area (Å²) >= 11 is 1.51. The monoisotopic (exact) mass is 501 g/mol. The third kappa shape index (κ3) is 3.86. The standard InChI is InChI=1S/C24H25Si.2ClH.Zr/c1-16(2)20-12-13-22-21-9-7-6-8-17(21)15-23(22)24(20)18-10-11-19(14-18)25(3,4)5;;;/h6-9,11-14H,10H2,1-5H3;2*1H;/q;;;+2/p-2. The molecule has 143 valence electrons. The van der Waals surface area contributed by atoms with Crippen molar-refractivity contribution < 1.29 is 49.5 Å². The number of allylic oxidation sites excluding steroid dienone is 4. The first-order chi connectivity index (χ1) is 12.3. The maximum Gasteiger partial charge on any atom is -1.00 e. The van der Waals surface area contributed by atoms with Gasteiger partial charge in [-0.2, -0.15) is 0 Å². The molecular formula is C24H25Cl2SiZr. The first-order valence-corrected chi connectivity index (χ1v) is 14.1. The van der Waals surface area contributed by atoms with Crippen molar-refractivity contribution in [1.82, 2.24) is 0 Å². The first kappa shape index (κ1) is 23.6. The van der Waals surface area contributed by atoms with Gasteiger partial charge in [-0.05, 0) is 0 Å². The second-order valence-corrected chi connectivity index (χ2v) is 14.9. The van der Waals surface area contributed by atoms with Gasteiger partial charge in [-0.3, -0.25) is 0 Å². The van der Waals surface area contributed by atoms with Crippen LogP contribution >= 0.6 is 0 Å². The van der Waals surface area contributed by atoms with E-state index in [1.165, 1.54) is 71.1 Å². The summed E-state index contributed by atoms with van der Waals surface area (Å²) < 4.78 is 1.52. The van der Waals surface area contributed by atoms with Gasteiger partial charge in [0.1, 0.15) is 0 Å². The maximum absolute atomic E-state index is 2.51. The van der Waals surface area contributed by atoms with E-state index < -0.39 is 8.07 Å². The van der Waals surface area contributed by atoms with E-state index in [-0.39, 0.29) is 24.8 Å². The Morgan fingerprint density at radius 3 is 2.07 bits per heavy atom. The zero-order valence-corrected chi connectivity index (χ0v) is 22.1. The van der Waals surface area contributed by atoms with Gasteiger partial charge in [-0.25, -0.2) is 0 Å². The van der Waals surface area contributed by atoms with Crippen molar-refractivity contribution in [2.24, 2.45) is 0 Å². The van der Waals surface area contributed by atoms with E-state index in [1.807, 2.05) is 0 Å². The van der Waals surface area contributed by atoms with Crippen molar-refractivity contribution in [3.05, 3.63) is 85.7 Å². The molecule has 0 nitrogen and oxygen atoms in total. The minimum absolute atomic E-state index is 0. The third-order valence-electron chi connectivity index (χ3n) is 5.54. The summed E-state index contributed by atoms with van der Waals surface area (Å²) in [5, 5.41) is 7.30. The fourth-order valence-corrected chi connectivity index (χ4v) is 6.63. The number of fused-ring (bicyclic) bond motifs is 2. The fourth-order valence-electron chi connectivity index (χ4n) is 4.13. The third-order valence-corrected chi connectivity index (χ3v) is 8.90. The maximum atomic E-state index is 2.51. The van der Waals surface area contributed by atoms with Crippen LogP contribution in [-0.4, -0.2) is 8.07 Å². The van der Waals surface area contributed by atoms with Gasteiger partial charge in [0, 0.05) is 0 Å². The van der Waals surface area contributed by atoms with Crippen molar-refractivity contribution in [2.45, 2.75) is 39.9 Å². The van der Waals surface area contributed by atoms with Gasteiger partial charge in [0.05, 0.1) is 0 Å². The van der Waals surface area contributed by atoms with Crippen LogP contribution < -0.4 is 35.3 Å². The molecule has 0 atom stereocenters. The summed E-state index contributed by atoms with van der Waals surface area (Å²) in [5.74, 6) is 0. The molecule has 0 fully saturated rings. The minimum Gasteiger partial charge on any atom is -1.00 e. The zero-order valence-electron chi connectivity index (χ0n) is 17.1. The van der Waals surface area contributed by atoms with E-state index >= 15 is 0 Å². The van der Waals surface area contributed by atoms with E-state index in [0.29, 0.717) is 0 Å². The average molecular weight is 504 g/mol. The van der Waals surface area contributed by atoms with Crippen LogP contribution in [-0.2, 0) is 24.7 Å². The normalized spacial score (nSPS) is 14.5. The van der Waals surface area contributed by atoms with Crippen molar-refractivity contribution in [3.63, 3.8) is 0 Å². The van der Waals surface area contributed by atoms with Crippen molar-refractivity contribution in [1.29, 1.82) is 0 Å². The van der Waals surface area contributed by atoms with Crippen LogP contribution in [0.1, 0.15) is 31.4 Å². The summed E-state index contributed by atoms with van der Waals surface area (Å²) in [4.78, 5) is 0. The molecule has 0 saturated carbocycles. The van der Waals surface area contributed by atoms with Gasteiger partial charge < -0.3 is 24.8 Å². The molecule has 2 aromatic carbocycles. The molecule has 4 heteroatoms. The topological polar surface area (TPSA) is 0 Å². The Hall–Kier alpha value is -0.660. The molecule has 4 rings (SSSR count). The molecular weight excluding hydrogens is 478 g/mol. The van der Waals surface area contributed by atoms with Gasteiger partial charge >= 0.3 is 173 Å². The number of benzene rings is 2. The predicted molar refractivity (Wildman–Crippen MR) is 111 cm³/mol. The van der Waals surface area contributed by atoms with Crippen molar-refractivity contribution >= 4 is 22.5 Å². The molecule has 0 radical (unpaired) electrons. The Morgan fingerprint density at radius 1 is 0.857 bits per heavy atom. The van der Waals surface area contributed by atoms with E-state index in [4.69, 9.17) is 0 Å². The second kappa shape index (κ2) is 8.60. The summed E-state index contributed by atoms with van der Waals surface area (Å²) in [6.07, 6.45) is 6.08. The molecule has 2 aromatic rings. The fraction of sp³-hybridized carbons (Fsp3) is 0.250. The Morgan fingerprint density at radius 2 is 1.50 bits per heavy atom. The summed E-state index contributed by atoms with van der Waals surface area (Å²) in [7, 11) is -1.27. The molecule has 0 aromatic heterocycles. The molecule has 0 bridgehead atoms. The Bertz CT molecular complexity index is 1210. The van der Waals surface area contributed by atoms with Crippen LogP contribution in [0.3, 0.4) is 0 Å². The first-order valence-electron chi connectivity index (χ1n) is 9.37. The van der Waals surface area contributed by atoms with E-state index in [0.717, 1.165) is 6.42 Å². The van der Waals surface area contributed by atoms with Crippen molar-refractivity contribution in [2.75, 3.05) is 0 Å². The molecule has 0 spiro atoms. The van der Waals surface area contributed by atoms with Crippen LogP contribution in [0, 0.1) is 10.4 Å². The predicted octanol–water partition coefficient (Wildman–Crippen LogP) is -1.22.